The first kappa shape index (κ1) is 34.2. The molecule has 3 aliphatic rings. The second-order valence-electron chi connectivity index (χ2n) is 12.0. The lowest BCUT2D eigenvalue weighted by atomic mass is 9.93. The molecule has 0 radical (unpaired) electrons. The molecule has 0 bridgehead atoms. The Morgan fingerprint density at radius 3 is 2.31 bits per heavy atom. The van der Waals surface area contributed by atoms with Crippen molar-refractivity contribution in [2.75, 3.05) is 46.4 Å². The summed E-state index contributed by atoms with van der Waals surface area (Å²) in [6, 6.07) is 8.66. The maximum atomic E-state index is 13.5. The first-order valence-corrected chi connectivity index (χ1v) is 16.2. The van der Waals surface area contributed by atoms with E-state index in [1.54, 1.807) is 30.3 Å². The number of carbonyl (C=O) groups is 6. The lowest BCUT2D eigenvalue weighted by molar-refractivity contribution is -0.141. The molecule has 1 aliphatic carbocycles. The molecule has 1 aromatic carbocycles. The van der Waals surface area contributed by atoms with E-state index in [9.17, 15) is 33.9 Å². The van der Waals surface area contributed by atoms with Crippen LogP contribution in [-0.2, 0) is 23.9 Å². The fourth-order valence-electron chi connectivity index (χ4n) is 5.93. The normalized spacial score (nSPS) is 18.4. The van der Waals surface area contributed by atoms with Crippen LogP contribution in [0.15, 0.2) is 36.4 Å². The molecule has 5 rings (SSSR count). The molecule has 1 saturated carbocycles. The molecule has 16 heteroatoms. The van der Waals surface area contributed by atoms with Gasteiger partial charge in [0.05, 0.1) is 12.8 Å². The van der Waals surface area contributed by atoms with Gasteiger partial charge in [-0.2, -0.15) is 5.10 Å². The molecule has 1 aromatic heterocycles. The van der Waals surface area contributed by atoms with Gasteiger partial charge in [-0.25, -0.2) is 9.48 Å². The van der Waals surface area contributed by atoms with Crippen LogP contribution < -0.4 is 15.4 Å². The van der Waals surface area contributed by atoms with E-state index in [2.05, 4.69) is 15.7 Å². The van der Waals surface area contributed by atoms with Crippen molar-refractivity contribution in [3.8, 4) is 11.6 Å². The van der Waals surface area contributed by atoms with E-state index in [1.165, 1.54) is 32.6 Å². The van der Waals surface area contributed by atoms with Gasteiger partial charge in [0.25, 0.3) is 11.8 Å². The fourth-order valence-corrected chi connectivity index (χ4v) is 5.93. The Morgan fingerprint density at radius 2 is 1.67 bits per heavy atom. The standard InChI is InChI=1S/C32H41N7O9/c1-47-28(41)13-12-23(31(44)36-15-17-37(18-16-36)32(45)46)34-29(42)24-19-27(39(35-24)22-9-3-2-4-10-22)48-20-26(40)38-14-6-11-25(38)30(43)33-21-7-5-8-21/h2-4,9-10,19,21,23,25H,5-8,11-18,20H2,1H3,(H,33,43)(H,34,42)(H,45,46)/t23-,25-/m0/s1. The van der Waals surface area contributed by atoms with Crippen molar-refractivity contribution in [1.29, 1.82) is 0 Å². The first-order chi connectivity index (χ1) is 23.1. The molecule has 258 valence electrons. The van der Waals surface area contributed by atoms with E-state index in [4.69, 9.17) is 9.47 Å². The number of carboxylic acid groups (broad SMARTS) is 1. The zero-order chi connectivity index (χ0) is 34.2. The predicted molar refractivity (Wildman–Crippen MR) is 168 cm³/mol. The third-order valence-corrected chi connectivity index (χ3v) is 8.91. The highest BCUT2D eigenvalue weighted by Gasteiger charge is 2.36. The highest BCUT2D eigenvalue weighted by Crippen LogP contribution is 2.24. The van der Waals surface area contributed by atoms with Crippen LogP contribution in [0.25, 0.3) is 5.69 Å². The van der Waals surface area contributed by atoms with Gasteiger partial charge in [-0.15, -0.1) is 0 Å². The van der Waals surface area contributed by atoms with Gasteiger partial charge in [-0.3, -0.25) is 24.0 Å². The summed E-state index contributed by atoms with van der Waals surface area (Å²) in [6.45, 7) is 0.527. The monoisotopic (exact) mass is 667 g/mol. The van der Waals surface area contributed by atoms with Crippen molar-refractivity contribution >= 4 is 35.7 Å². The number of para-hydroxylation sites is 1. The molecule has 5 amide bonds. The van der Waals surface area contributed by atoms with E-state index < -0.39 is 42.6 Å². The number of nitrogens with one attached hydrogen (secondary N) is 2. The number of piperazine rings is 1. The minimum atomic E-state index is -1.13. The molecule has 3 heterocycles. The molecule has 2 aromatic rings. The molecule has 2 aliphatic heterocycles. The summed E-state index contributed by atoms with van der Waals surface area (Å²) in [5.74, 6) is -2.18. The number of methoxy groups -OCH3 is 1. The lowest BCUT2D eigenvalue weighted by Crippen LogP contribution is -2.55. The molecule has 2 saturated heterocycles. The minimum absolute atomic E-state index is 0.0566. The Morgan fingerprint density at radius 1 is 0.958 bits per heavy atom. The van der Waals surface area contributed by atoms with Gasteiger partial charge in [0.15, 0.2) is 12.3 Å². The average molecular weight is 668 g/mol. The summed E-state index contributed by atoms with van der Waals surface area (Å²) < 4.78 is 12.0. The third-order valence-electron chi connectivity index (χ3n) is 8.91. The van der Waals surface area contributed by atoms with Crippen molar-refractivity contribution in [1.82, 2.24) is 35.1 Å². The smallest absolute Gasteiger partial charge is 0.407 e. The van der Waals surface area contributed by atoms with Gasteiger partial charge < -0.3 is 39.9 Å². The maximum absolute atomic E-state index is 13.5. The number of amides is 5. The van der Waals surface area contributed by atoms with Gasteiger partial charge in [-0.05, 0) is 50.7 Å². The Hall–Kier alpha value is -5.15. The van der Waals surface area contributed by atoms with Gasteiger partial charge in [-0.1, -0.05) is 18.2 Å². The molecule has 48 heavy (non-hydrogen) atoms. The van der Waals surface area contributed by atoms with Crippen molar-refractivity contribution in [3.05, 3.63) is 42.1 Å². The van der Waals surface area contributed by atoms with Gasteiger partial charge in [0, 0.05) is 51.3 Å². The highest BCUT2D eigenvalue weighted by atomic mass is 16.5. The predicted octanol–water partition coefficient (Wildman–Crippen LogP) is 0.785. The van der Waals surface area contributed by atoms with Crippen LogP contribution in [0.1, 0.15) is 55.4 Å². The van der Waals surface area contributed by atoms with Gasteiger partial charge in [0.2, 0.25) is 17.7 Å². The van der Waals surface area contributed by atoms with Crippen LogP contribution in [0.4, 0.5) is 4.79 Å². The van der Waals surface area contributed by atoms with Crippen molar-refractivity contribution in [2.24, 2.45) is 0 Å². The topological polar surface area (TPSA) is 193 Å². The van der Waals surface area contributed by atoms with E-state index >= 15 is 0 Å². The number of aromatic nitrogens is 2. The zero-order valence-electron chi connectivity index (χ0n) is 26.8. The number of likely N-dealkylation sites (tertiary alicyclic amines) is 1. The van der Waals surface area contributed by atoms with E-state index in [-0.39, 0.29) is 68.5 Å². The molecule has 3 N–H and O–H groups in total. The molecule has 0 unspecified atom stereocenters. The third kappa shape index (κ3) is 8.22. The van der Waals surface area contributed by atoms with Crippen molar-refractivity contribution in [3.63, 3.8) is 0 Å². The Kier molecular flexibility index (Phi) is 11.1. The van der Waals surface area contributed by atoms with Crippen molar-refractivity contribution < 1.29 is 43.3 Å². The summed E-state index contributed by atoms with van der Waals surface area (Å²) in [6.07, 6.45) is 2.95. The number of rotatable bonds is 12. The molecule has 2 atom stereocenters. The minimum Gasteiger partial charge on any atom is -0.469 e. The average Bonchev–Trinajstić information content (AvgIpc) is 3.75. The van der Waals surface area contributed by atoms with E-state index in [1.807, 2.05) is 0 Å². The molecular formula is C32H41N7O9. The fraction of sp³-hybridized carbons (Fsp3) is 0.531. The molecule has 0 spiro atoms. The van der Waals surface area contributed by atoms with Crippen LogP contribution in [0.2, 0.25) is 0 Å². The quantitative estimate of drug-likeness (QED) is 0.273. The number of nitrogens with zero attached hydrogens (tertiary/aromatic N) is 5. The lowest BCUT2D eigenvalue weighted by Gasteiger charge is -2.35. The Labute approximate surface area is 277 Å². The summed E-state index contributed by atoms with van der Waals surface area (Å²) in [5, 5.41) is 19.4. The first-order valence-electron chi connectivity index (χ1n) is 16.2. The zero-order valence-corrected chi connectivity index (χ0v) is 26.8. The summed E-state index contributed by atoms with van der Waals surface area (Å²) in [7, 11) is 1.22. The SMILES string of the molecule is COC(=O)CC[C@H](NC(=O)c1cc(OCC(=O)N2CCC[C@H]2C(=O)NC2CCC2)n(-c2ccccc2)n1)C(=O)N1CCN(C(=O)O)CC1. The number of esters is 1. The molecular weight excluding hydrogens is 626 g/mol. The maximum Gasteiger partial charge on any atom is 0.407 e. The second-order valence-corrected chi connectivity index (χ2v) is 12.0. The highest BCUT2D eigenvalue weighted by molar-refractivity contribution is 5.96. The Bertz CT molecular complexity index is 1500. The van der Waals surface area contributed by atoms with Gasteiger partial charge in [0.1, 0.15) is 12.1 Å². The summed E-state index contributed by atoms with van der Waals surface area (Å²) >= 11 is 0. The summed E-state index contributed by atoms with van der Waals surface area (Å²) in [4.78, 5) is 80.5. The Balaban J connectivity index is 1.29. The van der Waals surface area contributed by atoms with E-state index in [0.717, 1.165) is 19.3 Å². The van der Waals surface area contributed by atoms with Crippen LogP contribution in [-0.4, -0.2) is 130 Å². The van der Waals surface area contributed by atoms with Crippen LogP contribution in [0.5, 0.6) is 5.88 Å². The largest absolute Gasteiger partial charge is 0.469 e. The van der Waals surface area contributed by atoms with Crippen LogP contribution in [0.3, 0.4) is 0 Å². The van der Waals surface area contributed by atoms with Crippen molar-refractivity contribution in [2.45, 2.75) is 63.1 Å². The number of hydrogen-bond acceptors (Lipinski definition) is 9. The summed E-state index contributed by atoms with van der Waals surface area (Å²) in [5.41, 5.74) is 0.444. The van der Waals surface area contributed by atoms with Gasteiger partial charge >= 0.3 is 12.1 Å². The molecule has 16 nitrogen and oxygen atoms in total. The number of hydrogen-bond donors (Lipinski definition) is 3. The number of ether oxygens (including phenoxy) is 2. The van der Waals surface area contributed by atoms with E-state index in [0.29, 0.717) is 25.1 Å². The van der Waals surface area contributed by atoms with Crippen LogP contribution >= 0.6 is 0 Å². The van der Waals surface area contributed by atoms with Crippen LogP contribution in [0, 0.1) is 0 Å². The number of carbonyl (C=O) groups excluding carboxylic acids is 5. The number of benzene rings is 1. The second kappa shape index (κ2) is 15.6. The molecule has 3 fully saturated rings.